The SMILES string of the molecule is CC/C=C\C/C=C\C/C=C\C/C=C\C/C=C\C/C=C\C/C=C\CCCCCCCCCCCC(=O)OC(COC(=O)CCCCCCCCCCCCCCCCCCC/C=C\C/C=C\CCCCCCC)COC(OCC[N+](C)(C)C)C(=O)O. The average Bonchev–Trinajstić information content (AvgIpc) is 3.49. The van der Waals surface area contributed by atoms with Gasteiger partial charge in [-0.1, -0.05) is 290 Å². The summed E-state index contributed by atoms with van der Waals surface area (Å²) in [7, 11) is 5.97. The second-order valence-electron chi connectivity index (χ2n) is 24.5. The number of hydrogen-bond donors (Lipinski definition) is 1. The van der Waals surface area contributed by atoms with Crippen LogP contribution in [0.3, 0.4) is 0 Å². The van der Waals surface area contributed by atoms with Gasteiger partial charge in [0.15, 0.2) is 6.10 Å². The van der Waals surface area contributed by atoms with Crippen LogP contribution in [-0.4, -0.2) is 87.4 Å². The number of allylic oxidation sites excluding steroid dienone is 18. The van der Waals surface area contributed by atoms with Crippen LogP contribution in [0.25, 0.3) is 0 Å². The summed E-state index contributed by atoms with van der Waals surface area (Å²) < 4.78 is 23.0. The Labute approximate surface area is 524 Å². The molecule has 0 aromatic carbocycles. The van der Waals surface area contributed by atoms with Crippen molar-refractivity contribution >= 4 is 17.9 Å². The van der Waals surface area contributed by atoms with Crippen molar-refractivity contribution in [1.82, 2.24) is 0 Å². The number of carboxylic acid groups (broad SMARTS) is 1. The van der Waals surface area contributed by atoms with Gasteiger partial charge in [0.25, 0.3) is 6.29 Å². The lowest BCUT2D eigenvalue weighted by Crippen LogP contribution is -2.40. The van der Waals surface area contributed by atoms with Crippen LogP contribution in [0.4, 0.5) is 0 Å². The molecule has 0 fully saturated rings. The minimum atomic E-state index is -1.52. The van der Waals surface area contributed by atoms with Crippen LogP contribution in [0.5, 0.6) is 0 Å². The first-order chi connectivity index (χ1) is 41.6. The van der Waals surface area contributed by atoms with Gasteiger partial charge in [-0.3, -0.25) is 9.59 Å². The van der Waals surface area contributed by atoms with Crippen LogP contribution in [0, 0.1) is 0 Å². The van der Waals surface area contributed by atoms with Crippen molar-refractivity contribution in [3.8, 4) is 0 Å². The average molecular weight is 1190 g/mol. The molecule has 85 heavy (non-hydrogen) atoms. The number of ether oxygens (including phenoxy) is 4. The highest BCUT2D eigenvalue weighted by molar-refractivity contribution is 5.71. The molecule has 0 aliphatic heterocycles. The van der Waals surface area contributed by atoms with Crippen LogP contribution in [0.2, 0.25) is 0 Å². The molecule has 0 saturated heterocycles. The lowest BCUT2D eigenvalue weighted by Gasteiger charge is -2.25. The van der Waals surface area contributed by atoms with Gasteiger partial charge in [-0.15, -0.1) is 0 Å². The number of carbonyl (C=O) groups is 3. The Morgan fingerprint density at radius 3 is 1.00 bits per heavy atom. The van der Waals surface area contributed by atoms with Crippen LogP contribution in [0.15, 0.2) is 109 Å². The fraction of sp³-hybridized carbons (Fsp3) is 0.724. The van der Waals surface area contributed by atoms with Crippen LogP contribution in [-0.2, 0) is 33.3 Å². The van der Waals surface area contributed by atoms with Gasteiger partial charge in [-0.25, -0.2) is 4.79 Å². The molecule has 0 aromatic rings. The lowest BCUT2D eigenvalue weighted by molar-refractivity contribution is -0.870. The number of likely N-dealkylation sites (N-methyl/N-ethyl adjacent to an activating group) is 1. The fourth-order valence-corrected chi connectivity index (χ4v) is 9.67. The van der Waals surface area contributed by atoms with Crippen molar-refractivity contribution in [3.63, 3.8) is 0 Å². The zero-order valence-electron chi connectivity index (χ0n) is 55.7. The Bertz CT molecular complexity index is 1760. The largest absolute Gasteiger partial charge is 0.477 e. The van der Waals surface area contributed by atoms with Gasteiger partial charge in [0.1, 0.15) is 13.2 Å². The molecule has 0 amide bonds. The van der Waals surface area contributed by atoms with E-state index in [-0.39, 0.29) is 32.2 Å². The van der Waals surface area contributed by atoms with Crippen molar-refractivity contribution < 1.29 is 42.9 Å². The Kier molecular flexibility index (Phi) is 62.8. The summed E-state index contributed by atoms with van der Waals surface area (Å²) in [6.45, 7) is 4.77. The second kappa shape index (κ2) is 65.9. The second-order valence-corrected chi connectivity index (χ2v) is 24.5. The van der Waals surface area contributed by atoms with Gasteiger partial charge in [-0.05, 0) is 103 Å². The maximum absolute atomic E-state index is 12.9. The number of aliphatic carboxylic acids is 1. The number of unbranched alkanes of at least 4 members (excludes halogenated alkanes) is 31. The minimum absolute atomic E-state index is 0.182. The van der Waals surface area contributed by atoms with Crippen molar-refractivity contribution in [1.29, 1.82) is 0 Å². The van der Waals surface area contributed by atoms with Crippen LogP contribution < -0.4 is 0 Å². The number of esters is 2. The molecule has 0 saturated carbocycles. The van der Waals surface area contributed by atoms with E-state index in [0.29, 0.717) is 23.9 Å². The van der Waals surface area contributed by atoms with Gasteiger partial charge in [0.05, 0.1) is 34.4 Å². The molecule has 1 N–H and O–H groups in total. The zero-order chi connectivity index (χ0) is 61.9. The minimum Gasteiger partial charge on any atom is -0.477 e. The number of carbonyl (C=O) groups excluding carboxylic acids is 2. The summed E-state index contributed by atoms with van der Waals surface area (Å²) in [5, 5.41) is 9.75. The predicted molar refractivity (Wildman–Crippen MR) is 364 cm³/mol. The number of quaternary nitrogens is 1. The third kappa shape index (κ3) is 67.3. The molecule has 0 spiro atoms. The Morgan fingerprint density at radius 1 is 0.365 bits per heavy atom. The normalized spacial score (nSPS) is 13.4. The first kappa shape index (κ1) is 81.0. The van der Waals surface area contributed by atoms with E-state index in [9.17, 15) is 19.5 Å². The molecule has 9 heteroatoms. The summed E-state index contributed by atoms with van der Waals surface area (Å²) in [6.07, 6.45) is 89.1. The first-order valence-corrected chi connectivity index (χ1v) is 35.1. The topological polar surface area (TPSA) is 108 Å². The third-order valence-corrected chi connectivity index (χ3v) is 15.0. The van der Waals surface area contributed by atoms with E-state index < -0.39 is 24.3 Å². The summed E-state index contributed by atoms with van der Waals surface area (Å²) >= 11 is 0. The van der Waals surface area contributed by atoms with E-state index in [4.69, 9.17) is 18.9 Å². The van der Waals surface area contributed by atoms with E-state index in [1.165, 1.54) is 167 Å². The number of nitrogens with zero attached hydrogens (tertiary/aromatic N) is 1. The van der Waals surface area contributed by atoms with Gasteiger partial charge < -0.3 is 28.5 Å². The van der Waals surface area contributed by atoms with Gasteiger partial charge in [-0.2, -0.15) is 0 Å². The molecule has 488 valence electrons. The fourth-order valence-electron chi connectivity index (χ4n) is 9.67. The number of rotatable bonds is 64. The molecule has 0 heterocycles. The van der Waals surface area contributed by atoms with Gasteiger partial charge in [0.2, 0.25) is 0 Å². The molecule has 2 unspecified atom stereocenters. The van der Waals surface area contributed by atoms with E-state index in [0.717, 1.165) is 96.3 Å². The predicted octanol–water partition coefficient (Wildman–Crippen LogP) is 21.8. The molecule has 0 bridgehead atoms. The Balaban J connectivity index is 4.15. The monoisotopic (exact) mass is 1190 g/mol. The quantitative estimate of drug-likeness (QED) is 0.0211. The standard InChI is InChI=1S/C76H131NO8/c1-6-8-10-12-14-16-18-20-22-24-26-28-30-32-34-36-37-39-41-43-45-47-49-51-53-55-57-59-61-63-65-67-74(79)85-72(71-84-76(75(80)81)82-69-68-77(3,4)5)70-83-73(78)66-64-62-60-58-56-54-52-50-48-46-44-42-40-38-35-33-31-29-27-25-23-21-19-17-15-13-11-9-7-2/h8,10,14,16,19-22,25-28,32,34,37,39,43,45,72,76H,6-7,9,11-13,15,17-18,23-24,29-31,33,35-36,38,40-42,44,46-71H2,1-5H3/p+1/b10-8-,16-14-,21-19-,22-20-,27-25-,28-26-,34-32-,39-37-,45-43-. The maximum atomic E-state index is 12.9. The van der Waals surface area contributed by atoms with E-state index in [1.54, 1.807) is 0 Å². The number of carboxylic acids is 1. The van der Waals surface area contributed by atoms with Crippen molar-refractivity contribution in [2.75, 3.05) is 47.5 Å². The molecular formula is C76H132NO8+. The first-order valence-electron chi connectivity index (χ1n) is 35.1. The molecule has 2 atom stereocenters. The highest BCUT2D eigenvalue weighted by Crippen LogP contribution is 2.17. The molecule has 0 aliphatic rings. The van der Waals surface area contributed by atoms with Crippen molar-refractivity contribution in [3.05, 3.63) is 109 Å². The summed E-state index contributed by atoms with van der Waals surface area (Å²) in [4.78, 5) is 37.6. The van der Waals surface area contributed by atoms with Gasteiger partial charge in [0, 0.05) is 12.8 Å². The Hall–Kier alpha value is -4.05. The smallest absolute Gasteiger partial charge is 0.361 e. The molecule has 0 radical (unpaired) electrons. The molecule has 0 rings (SSSR count). The summed E-state index contributed by atoms with van der Waals surface area (Å²) in [5.41, 5.74) is 0. The molecule has 0 aliphatic carbocycles. The van der Waals surface area contributed by atoms with E-state index >= 15 is 0 Å². The molecule has 0 aromatic heterocycles. The maximum Gasteiger partial charge on any atom is 0.361 e. The third-order valence-electron chi connectivity index (χ3n) is 15.0. The summed E-state index contributed by atoms with van der Waals surface area (Å²) in [6, 6.07) is 0. The summed E-state index contributed by atoms with van der Waals surface area (Å²) in [5.74, 6) is -2.01. The highest BCUT2D eigenvalue weighted by atomic mass is 16.7. The highest BCUT2D eigenvalue weighted by Gasteiger charge is 2.25. The number of hydrogen-bond acceptors (Lipinski definition) is 7. The Morgan fingerprint density at radius 2 is 0.671 bits per heavy atom. The van der Waals surface area contributed by atoms with Crippen molar-refractivity contribution in [2.24, 2.45) is 0 Å². The van der Waals surface area contributed by atoms with Crippen LogP contribution in [0.1, 0.15) is 296 Å². The van der Waals surface area contributed by atoms with Crippen molar-refractivity contribution in [2.45, 2.75) is 309 Å². The molecular weight excluding hydrogens is 1050 g/mol. The van der Waals surface area contributed by atoms with E-state index in [1.807, 2.05) is 21.1 Å². The van der Waals surface area contributed by atoms with Gasteiger partial charge >= 0.3 is 17.9 Å². The lowest BCUT2D eigenvalue weighted by atomic mass is 10.0. The van der Waals surface area contributed by atoms with Crippen LogP contribution >= 0.6 is 0 Å². The van der Waals surface area contributed by atoms with E-state index in [2.05, 4.69) is 123 Å². The zero-order valence-corrected chi connectivity index (χ0v) is 55.7. The molecule has 9 nitrogen and oxygen atoms in total.